The highest BCUT2D eigenvalue weighted by molar-refractivity contribution is 5.76. The fourth-order valence-corrected chi connectivity index (χ4v) is 3.14. The maximum atomic E-state index is 12.5. The molecule has 24 heavy (non-hydrogen) atoms. The summed E-state index contributed by atoms with van der Waals surface area (Å²) in [7, 11) is 1.83. The summed E-state index contributed by atoms with van der Waals surface area (Å²) >= 11 is 0. The molecule has 0 spiro atoms. The van der Waals surface area contributed by atoms with Crippen molar-refractivity contribution >= 4 is 5.91 Å². The molecule has 126 valence electrons. The van der Waals surface area contributed by atoms with Gasteiger partial charge in [0.2, 0.25) is 5.91 Å². The molecule has 1 saturated carbocycles. The number of aromatic nitrogens is 3. The van der Waals surface area contributed by atoms with Crippen molar-refractivity contribution in [2.75, 3.05) is 7.05 Å². The molecular formula is C18H22N4O2. The Balaban J connectivity index is 1.76. The molecule has 1 amide bonds. The van der Waals surface area contributed by atoms with Crippen molar-refractivity contribution in [2.45, 2.75) is 44.7 Å². The van der Waals surface area contributed by atoms with Crippen molar-refractivity contribution in [3.8, 4) is 11.3 Å². The molecule has 6 nitrogen and oxygen atoms in total. The van der Waals surface area contributed by atoms with Gasteiger partial charge in [-0.1, -0.05) is 19.3 Å². The summed E-state index contributed by atoms with van der Waals surface area (Å²) in [5, 5.41) is 4.33. The summed E-state index contributed by atoms with van der Waals surface area (Å²) in [5.41, 5.74) is 1.18. The van der Waals surface area contributed by atoms with E-state index in [1.54, 1.807) is 23.4 Å². The molecule has 0 N–H and O–H groups in total. The van der Waals surface area contributed by atoms with Gasteiger partial charge in [0, 0.05) is 37.1 Å². The van der Waals surface area contributed by atoms with Gasteiger partial charge in [0.1, 0.15) is 6.54 Å². The van der Waals surface area contributed by atoms with Gasteiger partial charge in [-0.3, -0.25) is 14.6 Å². The highest BCUT2D eigenvalue weighted by Crippen LogP contribution is 2.21. The first-order valence-electron chi connectivity index (χ1n) is 8.39. The standard InChI is InChI=1S/C18H22N4O2/c1-21(15-7-3-2-4-8-15)18(24)13-22-17(23)10-9-16(20-22)14-6-5-11-19-12-14/h5-6,9-12,15H,2-4,7-8,13H2,1H3. The lowest BCUT2D eigenvalue weighted by Gasteiger charge is -2.31. The molecule has 0 radical (unpaired) electrons. The summed E-state index contributed by atoms with van der Waals surface area (Å²) in [6.07, 6.45) is 9.02. The molecule has 3 rings (SSSR count). The maximum Gasteiger partial charge on any atom is 0.267 e. The van der Waals surface area contributed by atoms with Crippen LogP contribution in [-0.4, -0.2) is 38.7 Å². The van der Waals surface area contributed by atoms with E-state index in [-0.39, 0.29) is 24.1 Å². The third-order valence-electron chi connectivity index (χ3n) is 4.62. The van der Waals surface area contributed by atoms with E-state index in [9.17, 15) is 9.59 Å². The van der Waals surface area contributed by atoms with Gasteiger partial charge < -0.3 is 4.90 Å². The summed E-state index contributed by atoms with van der Waals surface area (Å²) in [5.74, 6) is -0.0696. The third kappa shape index (κ3) is 3.69. The molecule has 0 aromatic carbocycles. The fourth-order valence-electron chi connectivity index (χ4n) is 3.14. The summed E-state index contributed by atoms with van der Waals surface area (Å²) in [6.45, 7) is -0.0278. The van der Waals surface area contributed by atoms with E-state index in [0.29, 0.717) is 5.69 Å². The lowest BCUT2D eigenvalue weighted by molar-refractivity contribution is -0.133. The average Bonchev–Trinajstić information content (AvgIpc) is 2.64. The van der Waals surface area contributed by atoms with Crippen LogP contribution in [0.4, 0.5) is 0 Å². The van der Waals surface area contributed by atoms with Crippen LogP contribution in [-0.2, 0) is 11.3 Å². The Morgan fingerprint density at radius 1 is 1.25 bits per heavy atom. The number of carbonyl (C=O) groups is 1. The normalized spacial score (nSPS) is 15.2. The smallest absolute Gasteiger partial charge is 0.267 e. The zero-order valence-electron chi connectivity index (χ0n) is 13.9. The lowest BCUT2D eigenvalue weighted by Crippen LogP contribution is -2.41. The van der Waals surface area contributed by atoms with Crippen LogP contribution in [0.3, 0.4) is 0 Å². The Kier molecular flexibility index (Phi) is 5.03. The summed E-state index contributed by atoms with van der Waals surface area (Å²) in [4.78, 5) is 30.4. The summed E-state index contributed by atoms with van der Waals surface area (Å²) in [6, 6.07) is 7.08. The van der Waals surface area contributed by atoms with Crippen molar-refractivity contribution in [3.05, 3.63) is 47.0 Å². The van der Waals surface area contributed by atoms with Crippen molar-refractivity contribution in [1.29, 1.82) is 0 Å². The van der Waals surface area contributed by atoms with Gasteiger partial charge in [-0.2, -0.15) is 5.10 Å². The first-order chi connectivity index (χ1) is 11.6. The molecule has 1 aliphatic carbocycles. The second-order valence-corrected chi connectivity index (χ2v) is 6.25. The van der Waals surface area contributed by atoms with Crippen molar-refractivity contribution in [3.63, 3.8) is 0 Å². The maximum absolute atomic E-state index is 12.5. The Morgan fingerprint density at radius 3 is 2.75 bits per heavy atom. The SMILES string of the molecule is CN(C(=O)Cn1nc(-c2cccnc2)ccc1=O)C1CCCCC1. The van der Waals surface area contributed by atoms with E-state index >= 15 is 0 Å². The predicted octanol–water partition coefficient (Wildman–Crippen LogP) is 2.10. The molecule has 2 aromatic heterocycles. The molecule has 0 atom stereocenters. The molecular weight excluding hydrogens is 304 g/mol. The Morgan fingerprint density at radius 2 is 2.04 bits per heavy atom. The number of hydrogen-bond donors (Lipinski definition) is 0. The monoisotopic (exact) mass is 326 g/mol. The Hall–Kier alpha value is -2.50. The average molecular weight is 326 g/mol. The number of pyridine rings is 1. The number of likely N-dealkylation sites (N-methyl/N-ethyl adjacent to an activating group) is 1. The highest BCUT2D eigenvalue weighted by Gasteiger charge is 2.22. The van der Waals surface area contributed by atoms with Crippen LogP contribution in [0.25, 0.3) is 11.3 Å². The zero-order chi connectivity index (χ0) is 16.9. The molecule has 6 heteroatoms. The third-order valence-corrected chi connectivity index (χ3v) is 4.62. The van der Waals surface area contributed by atoms with Crippen LogP contribution in [0.2, 0.25) is 0 Å². The first kappa shape index (κ1) is 16.4. The Labute approximate surface area is 141 Å². The number of nitrogens with zero attached hydrogens (tertiary/aromatic N) is 4. The predicted molar refractivity (Wildman–Crippen MR) is 91.4 cm³/mol. The van der Waals surface area contributed by atoms with Gasteiger partial charge in [-0.15, -0.1) is 0 Å². The second-order valence-electron chi connectivity index (χ2n) is 6.25. The number of amides is 1. The molecule has 0 saturated heterocycles. The zero-order valence-corrected chi connectivity index (χ0v) is 13.9. The molecule has 0 aliphatic heterocycles. The minimum atomic E-state index is -0.270. The Bertz CT molecular complexity index is 751. The van der Waals surface area contributed by atoms with Gasteiger partial charge in [-0.25, -0.2) is 4.68 Å². The van der Waals surface area contributed by atoms with E-state index in [4.69, 9.17) is 0 Å². The summed E-state index contributed by atoms with van der Waals surface area (Å²) < 4.78 is 1.24. The number of carbonyl (C=O) groups excluding carboxylic acids is 1. The molecule has 1 aliphatic rings. The largest absolute Gasteiger partial charge is 0.341 e. The second kappa shape index (κ2) is 7.38. The number of rotatable bonds is 4. The molecule has 0 bridgehead atoms. The van der Waals surface area contributed by atoms with Crippen LogP contribution < -0.4 is 5.56 Å². The van der Waals surface area contributed by atoms with Crippen LogP contribution >= 0.6 is 0 Å². The lowest BCUT2D eigenvalue weighted by atomic mass is 9.94. The molecule has 1 fully saturated rings. The van der Waals surface area contributed by atoms with E-state index in [0.717, 1.165) is 31.2 Å². The van der Waals surface area contributed by atoms with E-state index < -0.39 is 0 Å². The van der Waals surface area contributed by atoms with E-state index in [1.165, 1.54) is 17.2 Å². The van der Waals surface area contributed by atoms with Gasteiger partial charge in [-0.05, 0) is 31.0 Å². The van der Waals surface area contributed by atoms with Crippen LogP contribution in [0.15, 0.2) is 41.5 Å². The van der Waals surface area contributed by atoms with Gasteiger partial charge in [0.25, 0.3) is 5.56 Å². The molecule has 2 aromatic rings. The van der Waals surface area contributed by atoms with Crippen LogP contribution in [0.5, 0.6) is 0 Å². The van der Waals surface area contributed by atoms with Gasteiger partial charge in [0.15, 0.2) is 0 Å². The topological polar surface area (TPSA) is 68.1 Å². The fraction of sp³-hybridized carbons (Fsp3) is 0.444. The van der Waals surface area contributed by atoms with Crippen LogP contribution in [0.1, 0.15) is 32.1 Å². The van der Waals surface area contributed by atoms with Crippen molar-refractivity contribution in [1.82, 2.24) is 19.7 Å². The van der Waals surface area contributed by atoms with Crippen molar-refractivity contribution in [2.24, 2.45) is 0 Å². The van der Waals surface area contributed by atoms with E-state index in [2.05, 4.69) is 10.1 Å². The molecule has 0 unspecified atom stereocenters. The first-order valence-corrected chi connectivity index (χ1v) is 8.39. The van der Waals surface area contributed by atoms with Crippen LogP contribution in [0, 0.1) is 0 Å². The number of hydrogen-bond acceptors (Lipinski definition) is 4. The van der Waals surface area contributed by atoms with Crippen molar-refractivity contribution < 1.29 is 4.79 Å². The highest BCUT2D eigenvalue weighted by atomic mass is 16.2. The van der Waals surface area contributed by atoms with Gasteiger partial charge >= 0.3 is 0 Å². The quantitative estimate of drug-likeness (QED) is 0.863. The minimum absolute atomic E-state index is 0.0278. The molecule has 2 heterocycles. The van der Waals surface area contributed by atoms with Gasteiger partial charge in [0.05, 0.1) is 5.69 Å². The van der Waals surface area contributed by atoms with E-state index in [1.807, 2.05) is 19.2 Å². The minimum Gasteiger partial charge on any atom is -0.341 e.